The molecule has 0 radical (unpaired) electrons. The number of nitrogens with zero attached hydrogens (tertiary/aromatic N) is 1. The first kappa shape index (κ1) is 13.5. The Bertz CT molecular complexity index is 425. The number of amides is 1. The third kappa shape index (κ3) is 3.52. The van der Waals surface area contributed by atoms with Gasteiger partial charge in [-0.25, -0.2) is 0 Å². The van der Waals surface area contributed by atoms with Crippen LogP contribution in [-0.2, 0) is 4.79 Å². The first-order valence-corrected chi connectivity index (χ1v) is 7.63. The van der Waals surface area contributed by atoms with Gasteiger partial charge in [0.2, 0.25) is 5.91 Å². The van der Waals surface area contributed by atoms with Gasteiger partial charge in [-0.15, -0.1) is 11.8 Å². The molecule has 0 aliphatic carbocycles. The van der Waals surface area contributed by atoms with Gasteiger partial charge in [0.15, 0.2) is 0 Å². The Labute approximate surface area is 114 Å². The molecule has 1 saturated heterocycles. The molecule has 18 heavy (non-hydrogen) atoms. The Morgan fingerprint density at radius 3 is 2.56 bits per heavy atom. The first-order chi connectivity index (χ1) is 8.66. The van der Waals surface area contributed by atoms with Crippen LogP contribution in [0.5, 0.6) is 0 Å². The van der Waals surface area contributed by atoms with Crippen molar-refractivity contribution in [1.82, 2.24) is 4.90 Å². The van der Waals surface area contributed by atoms with Gasteiger partial charge in [-0.3, -0.25) is 4.79 Å². The van der Waals surface area contributed by atoms with Crippen LogP contribution in [-0.4, -0.2) is 29.6 Å². The lowest BCUT2D eigenvalue weighted by Crippen LogP contribution is -2.36. The fourth-order valence-corrected chi connectivity index (χ4v) is 3.08. The van der Waals surface area contributed by atoms with Crippen LogP contribution in [0.25, 0.3) is 0 Å². The number of rotatable bonds is 3. The van der Waals surface area contributed by atoms with Gasteiger partial charge in [0.1, 0.15) is 0 Å². The van der Waals surface area contributed by atoms with E-state index < -0.39 is 0 Å². The van der Waals surface area contributed by atoms with E-state index in [1.54, 1.807) is 11.8 Å². The van der Waals surface area contributed by atoms with Crippen molar-refractivity contribution in [2.75, 3.05) is 18.8 Å². The second kappa shape index (κ2) is 6.28. The Morgan fingerprint density at radius 1 is 1.17 bits per heavy atom. The van der Waals surface area contributed by atoms with E-state index in [0.29, 0.717) is 5.75 Å². The number of thioether (sulfide) groups is 1. The molecule has 0 saturated carbocycles. The fraction of sp³-hybridized carbons (Fsp3) is 0.533. The molecule has 2 nitrogen and oxygen atoms in total. The van der Waals surface area contributed by atoms with Crippen LogP contribution >= 0.6 is 11.8 Å². The third-order valence-electron chi connectivity index (χ3n) is 3.55. The zero-order chi connectivity index (χ0) is 13.0. The number of carbonyl (C=O) groups excluding carboxylic acids is 1. The van der Waals surface area contributed by atoms with Gasteiger partial charge in [0.25, 0.3) is 0 Å². The molecule has 1 heterocycles. The summed E-state index contributed by atoms with van der Waals surface area (Å²) >= 11 is 1.65. The largest absolute Gasteiger partial charge is 0.342 e. The standard InChI is InChI=1S/C15H21NOS/c1-12-6-7-14(10-13(12)2)18-11-15(17)16-8-4-3-5-9-16/h6-7,10H,3-5,8-9,11H2,1-2H3. The highest BCUT2D eigenvalue weighted by Crippen LogP contribution is 2.22. The number of aryl methyl sites for hydroxylation is 2. The summed E-state index contributed by atoms with van der Waals surface area (Å²) in [6, 6.07) is 6.41. The summed E-state index contributed by atoms with van der Waals surface area (Å²) < 4.78 is 0. The molecule has 1 aliphatic rings. The van der Waals surface area contributed by atoms with Crippen LogP contribution in [0.1, 0.15) is 30.4 Å². The highest BCUT2D eigenvalue weighted by Gasteiger charge is 2.16. The highest BCUT2D eigenvalue weighted by atomic mass is 32.2. The molecule has 1 aromatic carbocycles. The Kier molecular flexibility index (Phi) is 4.70. The topological polar surface area (TPSA) is 20.3 Å². The van der Waals surface area contributed by atoms with E-state index in [4.69, 9.17) is 0 Å². The minimum Gasteiger partial charge on any atom is -0.342 e. The predicted molar refractivity (Wildman–Crippen MR) is 77.1 cm³/mol. The van der Waals surface area contributed by atoms with Crippen LogP contribution < -0.4 is 0 Å². The van der Waals surface area contributed by atoms with Crippen molar-refractivity contribution in [3.05, 3.63) is 29.3 Å². The molecule has 1 fully saturated rings. The van der Waals surface area contributed by atoms with E-state index in [0.717, 1.165) is 13.1 Å². The van der Waals surface area contributed by atoms with E-state index >= 15 is 0 Å². The smallest absolute Gasteiger partial charge is 0.232 e. The lowest BCUT2D eigenvalue weighted by Gasteiger charge is -2.26. The van der Waals surface area contributed by atoms with Crippen molar-refractivity contribution in [3.8, 4) is 0 Å². The molecule has 3 heteroatoms. The lowest BCUT2D eigenvalue weighted by molar-refractivity contribution is -0.129. The molecular formula is C15H21NOS. The van der Waals surface area contributed by atoms with Crippen LogP contribution in [0.3, 0.4) is 0 Å². The minimum atomic E-state index is 0.290. The van der Waals surface area contributed by atoms with Gasteiger partial charge >= 0.3 is 0 Å². The number of hydrogen-bond acceptors (Lipinski definition) is 2. The molecule has 98 valence electrons. The van der Waals surface area contributed by atoms with Crippen molar-refractivity contribution in [2.24, 2.45) is 0 Å². The molecule has 1 amide bonds. The summed E-state index contributed by atoms with van der Waals surface area (Å²) in [4.78, 5) is 15.2. The van der Waals surface area contributed by atoms with Gasteiger partial charge in [-0.1, -0.05) is 6.07 Å². The molecule has 0 atom stereocenters. The predicted octanol–water partition coefficient (Wildman–Crippen LogP) is 3.41. The van der Waals surface area contributed by atoms with E-state index in [9.17, 15) is 4.79 Å². The summed E-state index contributed by atoms with van der Waals surface area (Å²) in [6.07, 6.45) is 3.61. The molecule has 1 aliphatic heterocycles. The average molecular weight is 263 g/mol. The maximum Gasteiger partial charge on any atom is 0.232 e. The molecule has 0 spiro atoms. The van der Waals surface area contributed by atoms with Crippen LogP contribution in [0, 0.1) is 13.8 Å². The second-order valence-electron chi connectivity index (χ2n) is 4.98. The number of benzene rings is 1. The average Bonchev–Trinajstić information content (AvgIpc) is 2.41. The Hall–Kier alpha value is -0.960. The zero-order valence-corrected chi connectivity index (χ0v) is 12.1. The summed E-state index contributed by atoms with van der Waals surface area (Å²) in [5.74, 6) is 0.862. The summed E-state index contributed by atoms with van der Waals surface area (Å²) in [5.41, 5.74) is 2.60. The van der Waals surface area contributed by atoms with Crippen LogP contribution in [0.2, 0.25) is 0 Å². The van der Waals surface area contributed by atoms with Gasteiger partial charge < -0.3 is 4.90 Å². The Balaban J connectivity index is 1.86. The van der Waals surface area contributed by atoms with Crippen molar-refractivity contribution in [3.63, 3.8) is 0 Å². The maximum absolute atomic E-state index is 12.0. The molecular weight excluding hydrogens is 242 g/mol. The zero-order valence-electron chi connectivity index (χ0n) is 11.2. The first-order valence-electron chi connectivity index (χ1n) is 6.64. The fourth-order valence-electron chi connectivity index (χ4n) is 2.18. The van der Waals surface area contributed by atoms with Crippen molar-refractivity contribution < 1.29 is 4.79 Å². The molecule has 1 aromatic rings. The second-order valence-corrected chi connectivity index (χ2v) is 6.02. The molecule has 0 bridgehead atoms. The highest BCUT2D eigenvalue weighted by molar-refractivity contribution is 8.00. The molecule has 2 rings (SSSR count). The number of carbonyl (C=O) groups is 1. The Morgan fingerprint density at radius 2 is 1.89 bits per heavy atom. The third-order valence-corrected chi connectivity index (χ3v) is 4.53. The van der Waals surface area contributed by atoms with E-state index in [-0.39, 0.29) is 5.91 Å². The van der Waals surface area contributed by atoms with Gasteiger partial charge in [0, 0.05) is 18.0 Å². The summed E-state index contributed by atoms with van der Waals surface area (Å²) in [5, 5.41) is 0. The molecule has 0 N–H and O–H groups in total. The number of piperidine rings is 1. The van der Waals surface area contributed by atoms with Gasteiger partial charge in [-0.05, 0) is 56.4 Å². The normalized spacial score (nSPS) is 15.8. The SMILES string of the molecule is Cc1ccc(SCC(=O)N2CCCCC2)cc1C. The number of likely N-dealkylation sites (tertiary alicyclic amines) is 1. The van der Waals surface area contributed by atoms with Crippen molar-refractivity contribution in [1.29, 1.82) is 0 Å². The lowest BCUT2D eigenvalue weighted by atomic mass is 10.1. The van der Waals surface area contributed by atoms with Crippen molar-refractivity contribution in [2.45, 2.75) is 38.0 Å². The number of hydrogen-bond donors (Lipinski definition) is 0. The monoisotopic (exact) mass is 263 g/mol. The summed E-state index contributed by atoms with van der Waals surface area (Å²) in [6.45, 7) is 6.13. The van der Waals surface area contributed by atoms with Gasteiger partial charge in [0.05, 0.1) is 5.75 Å². The van der Waals surface area contributed by atoms with Crippen molar-refractivity contribution >= 4 is 17.7 Å². The van der Waals surface area contributed by atoms with E-state index in [1.165, 1.54) is 35.3 Å². The van der Waals surface area contributed by atoms with E-state index in [2.05, 4.69) is 32.0 Å². The van der Waals surface area contributed by atoms with Crippen LogP contribution in [0.4, 0.5) is 0 Å². The molecule has 0 unspecified atom stereocenters. The van der Waals surface area contributed by atoms with E-state index in [1.807, 2.05) is 4.90 Å². The summed E-state index contributed by atoms with van der Waals surface area (Å²) in [7, 11) is 0. The maximum atomic E-state index is 12.0. The van der Waals surface area contributed by atoms with Gasteiger partial charge in [-0.2, -0.15) is 0 Å². The molecule has 0 aromatic heterocycles. The minimum absolute atomic E-state index is 0.290. The van der Waals surface area contributed by atoms with Crippen LogP contribution in [0.15, 0.2) is 23.1 Å². The quantitative estimate of drug-likeness (QED) is 0.779.